The number of thiophene rings is 2. The molecule has 0 spiro atoms. The second-order valence-corrected chi connectivity index (χ2v) is 20.3. The molecule has 0 N–H and O–H groups in total. The number of anilines is 3. The predicted molar refractivity (Wildman–Crippen MR) is 284 cm³/mol. The van der Waals surface area contributed by atoms with Crippen LogP contribution in [0.4, 0.5) is 17.1 Å². The molecule has 2 aliphatic rings. The van der Waals surface area contributed by atoms with Gasteiger partial charge in [0, 0.05) is 72.6 Å². The summed E-state index contributed by atoms with van der Waals surface area (Å²) in [5.74, 6) is 0. The summed E-state index contributed by atoms with van der Waals surface area (Å²) in [5.41, 5.74) is 17.6. The Labute approximate surface area is 390 Å². The number of para-hydroxylation sites is 1. The van der Waals surface area contributed by atoms with Gasteiger partial charge in [0.2, 0.25) is 6.71 Å². The van der Waals surface area contributed by atoms with Crippen molar-refractivity contribution in [3.63, 3.8) is 0 Å². The van der Waals surface area contributed by atoms with Crippen LogP contribution in [0.1, 0.15) is 0 Å². The van der Waals surface area contributed by atoms with Crippen LogP contribution in [0.15, 0.2) is 228 Å². The van der Waals surface area contributed by atoms with E-state index in [0.717, 1.165) is 0 Å². The fourth-order valence-corrected chi connectivity index (χ4v) is 14.3. The van der Waals surface area contributed by atoms with Gasteiger partial charge in [-0.15, -0.1) is 22.7 Å². The van der Waals surface area contributed by atoms with Gasteiger partial charge >= 0.3 is 0 Å². The third kappa shape index (κ3) is 5.73. The second kappa shape index (κ2) is 14.7. The first kappa shape index (κ1) is 37.3. The monoisotopic (exact) mass is 877 g/mol. The molecular formula is C60H36BNS3. The maximum atomic E-state index is 2.60. The van der Waals surface area contributed by atoms with Crippen LogP contribution in [-0.2, 0) is 0 Å². The van der Waals surface area contributed by atoms with Crippen molar-refractivity contribution in [3.05, 3.63) is 218 Å². The lowest BCUT2D eigenvalue weighted by atomic mass is 9.34. The average molecular weight is 878 g/mol. The largest absolute Gasteiger partial charge is 0.310 e. The lowest BCUT2D eigenvalue weighted by Crippen LogP contribution is -2.59. The number of nitrogens with zero attached hydrogens (tertiary/aromatic N) is 1. The fourth-order valence-electron chi connectivity index (χ4n) is 10.7. The van der Waals surface area contributed by atoms with Crippen LogP contribution in [0.25, 0.3) is 84.9 Å². The van der Waals surface area contributed by atoms with Gasteiger partial charge in [0.15, 0.2) is 0 Å². The van der Waals surface area contributed by atoms with Gasteiger partial charge in [0.1, 0.15) is 0 Å². The first-order valence-corrected chi connectivity index (χ1v) is 24.6. The van der Waals surface area contributed by atoms with Crippen molar-refractivity contribution in [2.75, 3.05) is 4.90 Å². The van der Waals surface area contributed by atoms with Crippen molar-refractivity contribution in [1.82, 2.24) is 0 Å². The Hall–Kier alpha value is -7.15. The Bertz CT molecular complexity index is 3830. The predicted octanol–water partition coefficient (Wildman–Crippen LogP) is 15.9. The fraction of sp³-hybridized carbons (Fsp3) is 0. The smallest absolute Gasteiger partial charge is 0.249 e. The quantitative estimate of drug-likeness (QED) is 0.159. The molecule has 12 aromatic rings. The summed E-state index contributed by atoms with van der Waals surface area (Å²) in [6.07, 6.45) is 0. The van der Waals surface area contributed by atoms with E-state index in [0.29, 0.717) is 0 Å². The zero-order valence-corrected chi connectivity index (χ0v) is 37.5. The maximum Gasteiger partial charge on any atom is 0.249 e. The summed E-state index contributed by atoms with van der Waals surface area (Å²) < 4.78 is 5.33. The highest BCUT2D eigenvalue weighted by molar-refractivity contribution is 8.00. The maximum absolute atomic E-state index is 2.60. The molecule has 0 saturated heterocycles. The van der Waals surface area contributed by atoms with Gasteiger partial charge in [-0.2, -0.15) is 0 Å². The zero-order chi connectivity index (χ0) is 42.6. The molecule has 0 aliphatic carbocycles. The van der Waals surface area contributed by atoms with Crippen molar-refractivity contribution < 1.29 is 0 Å². The summed E-state index contributed by atoms with van der Waals surface area (Å²) in [7, 11) is 0. The van der Waals surface area contributed by atoms with Crippen LogP contribution >= 0.6 is 34.4 Å². The van der Waals surface area contributed by atoms with Crippen molar-refractivity contribution in [1.29, 1.82) is 0 Å². The van der Waals surface area contributed by atoms with Gasteiger partial charge < -0.3 is 4.90 Å². The first-order valence-electron chi connectivity index (χ1n) is 22.2. The Morgan fingerprint density at radius 3 is 1.48 bits per heavy atom. The van der Waals surface area contributed by atoms with E-state index in [4.69, 9.17) is 0 Å². The second-order valence-electron chi connectivity index (χ2n) is 17.1. The number of benzene rings is 10. The normalized spacial score (nSPS) is 12.8. The van der Waals surface area contributed by atoms with Crippen LogP contribution < -0.4 is 21.3 Å². The minimum absolute atomic E-state index is 0.0101. The van der Waals surface area contributed by atoms with Gasteiger partial charge in [-0.3, -0.25) is 0 Å². The molecule has 302 valence electrons. The van der Waals surface area contributed by atoms with E-state index in [1.54, 1.807) is 0 Å². The van der Waals surface area contributed by atoms with Crippen LogP contribution in [0.3, 0.4) is 0 Å². The van der Waals surface area contributed by atoms with E-state index in [-0.39, 0.29) is 6.71 Å². The summed E-state index contributed by atoms with van der Waals surface area (Å²) >= 11 is 5.73. The van der Waals surface area contributed by atoms with Crippen molar-refractivity contribution in [2.24, 2.45) is 0 Å². The molecule has 0 radical (unpaired) electrons. The Balaban J connectivity index is 1.05. The Morgan fingerprint density at radius 1 is 0.338 bits per heavy atom. The van der Waals surface area contributed by atoms with Crippen molar-refractivity contribution >= 4 is 115 Å². The number of rotatable bonds is 5. The Kier molecular flexibility index (Phi) is 8.42. The lowest BCUT2D eigenvalue weighted by molar-refractivity contribution is 1.27. The average Bonchev–Trinajstić information content (AvgIpc) is 3.95. The number of fused-ring (bicyclic) bond motifs is 10. The highest BCUT2D eigenvalue weighted by Crippen LogP contribution is 2.50. The summed E-state index contributed by atoms with van der Waals surface area (Å²) in [6, 6.07) is 81.7. The topological polar surface area (TPSA) is 3.24 Å². The molecule has 2 aliphatic heterocycles. The van der Waals surface area contributed by atoms with Crippen LogP contribution in [0.5, 0.6) is 0 Å². The number of hydrogen-bond acceptors (Lipinski definition) is 4. The van der Waals surface area contributed by atoms with Crippen molar-refractivity contribution in [3.8, 4) is 44.5 Å². The van der Waals surface area contributed by atoms with Gasteiger partial charge in [0.25, 0.3) is 0 Å². The highest BCUT2D eigenvalue weighted by atomic mass is 32.2. The summed E-state index contributed by atoms with van der Waals surface area (Å²) in [5, 5.41) is 5.30. The Morgan fingerprint density at radius 2 is 0.846 bits per heavy atom. The van der Waals surface area contributed by atoms with Crippen LogP contribution in [0.2, 0.25) is 0 Å². The molecule has 14 rings (SSSR count). The molecule has 4 heterocycles. The van der Waals surface area contributed by atoms with Gasteiger partial charge in [-0.25, -0.2) is 0 Å². The van der Waals surface area contributed by atoms with E-state index in [1.165, 1.54) is 128 Å². The SMILES string of the molecule is c1ccc(-c2cccc(-c3ccccc3)c2N2c3ccc(-c4cccc5c4sc4ccccc45)cc3B3c4cc(-c5cccc6c5sc5ccccc56)ccc4Sc4cccc2c43)cc1. The molecule has 0 bridgehead atoms. The molecule has 0 atom stereocenters. The molecule has 1 nitrogen and oxygen atoms in total. The minimum Gasteiger partial charge on any atom is -0.310 e. The molecule has 10 aromatic carbocycles. The molecule has 0 amide bonds. The first-order chi connectivity index (χ1) is 32.2. The third-order valence-corrected chi connectivity index (χ3v) is 17.2. The van der Waals surface area contributed by atoms with Gasteiger partial charge in [-0.1, -0.05) is 199 Å². The molecular weight excluding hydrogens is 842 g/mol. The minimum atomic E-state index is 0.0101. The van der Waals surface area contributed by atoms with Crippen molar-refractivity contribution in [2.45, 2.75) is 9.79 Å². The van der Waals surface area contributed by atoms with E-state index in [1.807, 2.05) is 34.4 Å². The zero-order valence-electron chi connectivity index (χ0n) is 35.0. The van der Waals surface area contributed by atoms with E-state index in [9.17, 15) is 0 Å². The van der Waals surface area contributed by atoms with Crippen LogP contribution in [0, 0.1) is 0 Å². The summed E-state index contributed by atoms with van der Waals surface area (Å²) in [6.45, 7) is 0.0101. The molecule has 0 unspecified atom stereocenters. The standard InChI is InChI=1S/C60H36BNS3/c1-3-15-37(16-4-1)41-21-11-22-42(38-17-5-2-6-18-38)58(41)62-51-33-31-39(43-23-12-25-47-45-19-7-9-28-53(45)64-59(43)47)35-49(51)61-50-36-40(32-34-55(50)63-56-30-14-27-52(62)57(56)61)44-24-13-26-48-46-20-8-10-29-54(46)65-60(44)48/h1-36H. The summed E-state index contributed by atoms with van der Waals surface area (Å²) in [4.78, 5) is 5.23. The molecule has 0 fully saturated rings. The van der Waals surface area contributed by atoms with Gasteiger partial charge in [-0.05, 0) is 80.7 Å². The van der Waals surface area contributed by atoms with E-state index < -0.39 is 0 Å². The molecule has 65 heavy (non-hydrogen) atoms. The molecule has 2 aromatic heterocycles. The molecule has 5 heteroatoms. The van der Waals surface area contributed by atoms with Gasteiger partial charge in [0.05, 0.1) is 5.69 Å². The number of hydrogen-bond donors (Lipinski definition) is 0. The van der Waals surface area contributed by atoms with Crippen LogP contribution in [-0.4, -0.2) is 6.71 Å². The highest BCUT2D eigenvalue weighted by Gasteiger charge is 2.42. The van der Waals surface area contributed by atoms with E-state index in [2.05, 4.69) is 223 Å². The third-order valence-electron chi connectivity index (χ3n) is 13.6. The molecule has 0 saturated carbocycles. The van der Waals surface area contributed by atoms with E-state index >= 15 is 0 Å². The lowest BCUT2D eigenvalue weighted by Gasteiger charge is -2.41.